The van der Waals surface area contributed by atoms with Gasteiger partial charge in [-0.3, -0.25) is 8.80 Å². The third-order valence-corrected chi connectivity index (χ3v) is 6.68. The van der Waals surface area contributed by atoms with Crippen LogP contribution < -0.4 is 0 Å². The lowest BCUT2D eigenvalue weighted by Gasteiger charge is -2.13. The van der Waals surface area contributed by atoms with Crippen LogP contribution in [0.5, 0.6) is 0 Å². The van der Waals surface area contributed by atoms with Crippen molar-refractivity contribution in [2.45, 2.75) is 0 Å². The van der Waals surface area contributed by atoms with E-state index in [0.717, 1.165) is 48.6 Å². The van der Waals surface area contributed by atoms with Crippen LogP contribution in [0.4, 0.5) is 0 Å². The molecule has 0 amide bonds. The fourth-order valence-electron chi connectivity index (χ4n) is 4.81. The highest BCUT2D eigenvalue weighted by atomic mass is 32.1. The topological polar surface area (TPSA) is 21.7 Å². The maximum atomic E-state index is 5.98. The Morgan fingerprint density at radius 2 is 1.28 bits per heavy atom. The summed E-state index contributed by atoms with van der Waals surface area (Å²) in [6.45, 7) is 0. The van der Waals surface area contributed by atoms with E-state index in [1.807, 2.05) is 12.1 Å². The summed E-state index contributed by atoms with van der Waals surface area (Å²) in [6, 6.07) is 35.9. The van der Waals surface area contributed by atoms with Crippen molar-refractivity contribution in [3.05, 3.63) is 108 Å². The molecular weight excluding hydrogens is 410 g/mol. The number of aromatic nitrogens is 3. The summed E-state index contributed by atoms with van der Waals surface area (Å²) in [5, 5.41) is 2.21. The lowest BCUT2D eigenvalue weighted by Crippen LogP contribution is -2.00. The van der Waals surface area contributed by atoms with Crippen molar-refractivity contribution in [3.63, 3.8) is 0 Å². The van der Waals surface area contributed by atoms with E-state index < -0.39 is 0 Å². The lowest BCUT2D eigenvalue weighted by molar-refractivity contribution is 1.17. The van der Waals surface area contributed by atoms with Gasteiger partial charge in [0, 0.05) is 5.39 Å². The Kier molecular flexibility index (Phi) is 3.58. The first-order valence-corrected chi connectivity index (χ1v) is 11.0. The molecule has 32 heavy (non-hydrogen) atoms. The van der Waals surface area contributed by atoms with Crippen molar-refractivity contribution in [1.82, 2.24) is 13.8 Å². The summed E-state index contributed by atoms with van der Waals surface area (Å²) in [6.07, 6.45) is 0. The minimum Gasteiger partial charge on any atom is -0.295 e. The molecule has 0 saturated heterocycles. The van der Waals surface area contributed by atoms with Crippen LogP contribution in [-0.4, -0.2) is 13.8 Å². The van der Waals surface area contributed by atoms with E-state index in [2.05, 4.69) is 99.8 Å². The van der Waals surface area contributed by atoms with Gasteiger partial charge in [0.15, 0.2) is 5.65 Å². The first-order chi connectivity index (χ1) is 15.8. The first kappa shape index (κ1) is 17.6. The Balaban J connectivity index is 1.73. The van der Waals surface area contributed by atoms with Crippen molar-refractivity contribution in [2.24, 2.45) is 0 Å². The molecule has 0 aliphatic rings. The van der Waals surface area contributed by atoms with E-state index in [-0.39, 0.29) is 0 Å². The molecule has 3 aromatic heterocycles. The molecule has 0 unspecified atom stereocenters. The lowest BCUT2D eigenvalue weighted by atomic mass is 10.1. The van der Waals surface area contributed by atoms with Crippen LogP contribution in [0.25, 0.3) is 55.1 Å². The van der Waals surface area contributed by atoms with E-state index in [1.165, 1.54) is 11.1 Å². The molecule has 7 rings (SSSR count). The highest BCUT2D eigenvalue weighted by molar-refractivity contribution is 7.71. The SMILES string of the molecule is S=c1c2ccccc2cc2c3nc4ccc(-c5ccccc5)cc4n3c3ccccc3n12. The van der Waals surface area contributed by atoms with Crippen LogP contribution in [0, 0.1) is 4.64 Å². The van der Waals surface area contributed by atoms with Gasteiger partial charge < -0.3 is 0 Å². The summed E-state index contributed by atoms with van der Waals surface area (Å²) in [5.41, 5.74) is 8.55. The minimum absolute atomic E-state index is 0.814. The summed E-state index contributed by atoms with van der Waals surface area (Å²) >= 11 is 5.98. The Labute approximate surface area is 188 Å². The molecule has 0 atom stereocenters. The van der Waals surface area contributed by atoms with Crippen LogP contribution >= 0.6 is 12.2 Å². The minimum atomic E-state index is 0.814. The largest absolute Gasteiger partial charge is 0.295 e. The van der Waals surface area contributed by atoms with Gasteiger partial charge in [-0.15, -0.1) is 0 Å². The van der Waals surface area contributed by atoms with E-state index in [0.29, 0.717) is 0 Å². The Morgan fingerprint density at radius 1 is 0.562 bits per heavy atom. The molecule has 0 fully saturated rings. The van der Waals surface area contributed by atoms with Gasteiger partial charge in [-0.25, -0.2) is 4.98 Å². The smallest absolute Gasteiger partial charge is 0.162 e. The number of hydrogen-bond donors (Lipinski definition) is 0. The first-order valence-electron chi connectivity index (χ1n) is 10.6. The maximum Gasteiger partial charge on any atom is 0.162 e. The van der Waals surface area contributed by atoms with Gasteiger partial charge in [0.2, 0.25) is 0 Å². The molecule has 150 valence electrons. The van der Waals surface area contributed by atoms with Gasteiger partial charge in [-0.05, 0) is 46.8 Å². The second-order valence-corrected chi connectivity index (χ2v) is 8.47. The van der Waals surface area contributed by atoms with E-state index in [9.17, 15) is 0 Å². The molecule has 0 spiro atoms. The van der Waals surface area contributed by atoms with E-state index >= 15 is 0 Å². The van der Waals surface area contributed by atoms with Crippen LogP contribution in [0.15, 0.2) is 103 Å². The normalized spacial score (nSPS) is 11.9. The van der Waals surface area contributed by atoms with Gasteiger partial charge in [-0.1, -0.05) is 85.0 Å². The van der Waals surface area contributed by atoms with Crippen LogP contribution in [0.2, 0.25) is 0 Å². The third kappa shape index (κ3) is 2.35. The molecule has 3 nitrogen and oxygen atoms in total. The third-order valence-electron chi connectivity index (χ3n) is 6.28. The number of imidazole rings is 1. The molecule has 3 heterocycles. The standard InChI is InChI=1S/C28H17N3S/c32-28-21-11-5-4-10-20(21)17-26-27-29-22-15-14-19(18-8-2-1-3-9-18)16-25(22)30(27)23-12-6-7-13-24(23)31(26)28/h1-17H. The Bertz CT molecular complexity index is 1900. The molecule has 0 N–H and O–H groups in total. The predicted molar refractivity (Wildman–Crippen MR) is 135 cm³/mol. The molecule has 4 heteroatoms. The average molecular weight is 428 g/mol. The number of rotatable bonds is 1. The van der Waals surface area contributed by atoms with Crippen molar-refractivity contribution >= 4 is 56.2 Å². The van der Waals surface area contributed by atoms with E-state index in [4.69, 9.17) is 17.2 Å². The number of para-hydroxylation sites is 2. The number of fused-ring (bicyclic) bond motifs is 9. The molecule has 4 aromatic carbocycles. The average Bonchev–Trinajstić information content (AvgIpc) is 3.24. The summed E-state index contributed by atoms with van der Waals surface area (Å²) < 4.78 is 5.26. The van der Waals surface area contributed by atoms with Crippen LogP contribution in [0.3, 0.4) is 0 Å². The molecule has 0 saturated carbocycles. The molecule has 0 aliphatic carbocycles. The van der Waals surface area contributed by atoms with Crippen LogP contribution in [0.1, 0.15) is 0 Å². The monoisotopic (exact) mass is 427 g/mol. The van der Waals surface area contributed by atoms with Crippen molar-refractivity contribution in [3.8, 4) is 11.1 Å². The number of nitrogens with zero attached hydrogens (tertiary/aromatic N) is 3. The second-order valence-electron chi connectivity index (χ2n) is 8.09. The Hall–Kier alpha value is -4.02. The zero-order valence-electron chi connectivity index (χ0n) is 17.1. The molecule has 7 aromatic rings. The molecular formula is C28H17N3S. The zero-order valence-corrected chi connectivity index (χ0v) is 17.9. The van der Waals surface area contributed by atoms with Crippen LogP contribution in [-0.2, 0) is 0 Å². The van der Waals surface area contributed by atoms with Crippen molar-refractivity contribution in [1.29, 1.82) is 0 Å². The van der Waals surface area contributed by atoms with Gasteiger partial charge in [-0.2, -0.15) is 0 Å². The summed E-state index contributed by atoms with van der Waals surface area (Å²) in [5.74, 6) is 0. The molecule has 0 radical (unpaired) electrons. The Morgan fingerprint density at radius 3 is 2.12 bits per heavy atom. The van der Waals surface area contributed by atoms with Gasteiger partial charge >= 0.3 is 0 Å². The summed E-state index contributed by atoms with van der Waals surface area (Å²) in [7, 11) is 0. The zero-order chi connectivity index (χ0) is 21.2. The van der Waals surface area contributed by atoms with E-state index in [1.54, 1.807) is 0 Å². The summed E-state index contributed by atoms with van der Waals surface area (Å²) in [4.78, 5) is 5.07. The highest BCUT2D eigenvalue weighted by Gasteiger charge is 2.15. The van der Waals surface area contributed by atoms with Gasteiger partial charge in [0.05, 0.1) is 27.6 Å². The fraction of sp³-hybridized carbons (Fsp3) is 0. The molecule has 0 bridgehead atoms. The molecule has 0 aliphatic heterocycles. The highest BCUT2D eigenvalue weighted by Crippen LogP contribution is 2.32. The number of pyridine rings is 1. The number of benzene rings is 4. The van der Waals surface area contributed by atoms with Gasteiger partial charge in [0.1, 0.15) is 4.64 Å². The van der Waals surface area contributed by atoms with Crippen molar-refractivity contribution in [2.75, 3.05) is 0 Å². The quantitative estimate of drug-likeness (QED) is 0.154. The maximum absolute atomic E-state index is 5.98. The second kappa shape index (κ2) is 6.49. The fourth-order valence-corrected chi connectivity index (χ4v) is 5.19. The number of hydrogen-bond acceptors (Lipinski definition) is 2. The van der Waals surface area contributed by atoms with Gasteiger partial charge in [0.25, 0.3) is 0 Å². The predicted octanol–water partition coefficient (Wildman–Crippen LogP) is 7.44. The van der Waals surface area contributed by atoms with Crippen molar-refractivity contribution < 1.29 is 0 Å².